The highest BCUT2D eigenvalue weighted by molar-refractivity contribution is 6.36. The van der Waals surface area contributed by atoms with Crippen molar-refractivity contribution in [1.29, 1.82) is 0 Å². The van der Waals surface area contributed by atoms with Crippen molar-refractivity contribution < 1.29 is 14.3 Å². The summed E-state index contributed by atoms with van der Waals surface area (Å²) >= 11 is 11.8. The number of hydrogen-bond donors (Lipinski definition) is 2. The van der Waals surface area contributed by atoms with Gasteiger partial charge < -0.3 is 15.4 Å². The zero-order valence-corrected chi connectivity index (χ0v) is 12.7. The number of urea groups is 1. The lowest BCUT2D eigenvalue weighted by Gasteiger charge is -2.09. The Bertz CT molecular complexity index is 777. The van der Waals surface area contributed by atoms with Gasteiger partial charge >= 0.3 is 12.0 Å². The first-order valence-corrected chi connectivity index (χ1v) is 7.11. The monoisotopic (exact) mass is 336 g/mol. The molecule has 0 atom stereocenters. The maximum absolute atomic E-state index is 12.0. The Morgan fingerprint density at radius 1 is 1.09 bits per heavy atom. The molecule has 0 aromatic heterocycles. The van der Waals surface area contributed by atoms with Crippen molar-refractivity contribution in [2.45, 2.75) is 6.61 Å². The van der Waals surface area contributed by atoms with Crippen LogP contribution in [-0.2, 0) is 11.3 Å². The number of halogens is 2. The minimum atomic E-state index is -0.476. The second-order valence-corrected chi connectivity index (χ2v) is 5.49. The van der Waals surface area contributed by atoms with E-state index in [1.54, 1.807) is 30.3 Å². The number of anilines is 2. The molecule has 3 rings (SSSR count). The molecule has 1 aliphatic rings. The average Bonchev–Trinajstić information content (AvgIpc) is 2.83. The smallest absolute Gasteiger partial charge is 0.338 e. The highest BCUT2D eigenvalue weighted by Gasteiger charge is 2.21. The lowest BCUT2D eigenvalue weighted by molar-refractivity contribution is 0.0535. The van der Waals surface area contributed by atoms with Gasteiger partial charge in [-0.2, -0.15) is 0 Å². The molecule has 2 amide bonds. The van der Waals surface area contributed by atoms with Crippen LogP contribution >= 0.6 is 23.2 Å². The molecule has 22 heavy (non-hydrogen) atoms. The van der Waals surface area contributed by atoms with Crippen LogP contribution in [0.5, 0.6) is 0 Å². The number of hydrogen-bond acceptors (Lipinski definition) is 3. The number of ether oxygens (including phenoxy) is 1. The van der Waals surface area contributed by atoms with E-state index in [2.05, 4.69) is 10.6 Å². The number of carbonyl (C=O) groups is 2. The molecule has 2 aromatic rings. The number of amides is 2. The van der Waals surface area contributed by atoms with Gasteiger partial charge in [-0.25, -0.2) is 9.59 Å². The van der Waals surface area contributed by atoms with Gasteiger partial charge in [0.2, 0.25) is 0 Å². The Labute approximate surface area is 136 Å². The molecule has 1 heterocycles. The van der Waals surface area contributed by atoms with E-state index in [1.165, 1.54) is 6.07 Å². The Morgan fingerprint density at radius 3 is 2.68 bits per heavy atom. The van der Waals surface area contributed by atoms with Gasteiger partial charge in [0.25, 0.3) is 0 Å². The standard InChI is InChI=1S/C15H10Cl2N2O3/c16-9-2-4-13(12(17)5-9)19-15(21)18-10-3-1-8-7-22-14(20)11(8)6-10/h1-6H,7H2,(H2,18,19,21). The summed E-state index contributed by atoms with van der Waals surface area (Å²) in [4.78, 5) is 23.5. The number of nitrogens with one attached hydrogen (secondary N) is 2. The van der Waals surface area contributed by atoms with Gasteiger partial charge in [-0.15, -0.1) is 0 Å². The van der Waals surface area contributed by atoms with E-state index in [9.17, 15) is 9.59 Å². The first-order valence-electron chi connectivity index (χ1n) is 6.36. The predicted molar refractivity (Wildman–Crippen MR) is 84.7 cm³/mol. The quantitative estimate of drug-likeness (QED) is 0.803. The second kappa shape index (κ2) is 5.87. The van der Waals surface area contributed by atoms with Crippen molar-refractivity contribution in [1.82, 2.24) is 0 Å². The third-order valence-electron chi connectivity index (χ3n) is 3.13. The van der Waals surface area contributed by atoms with Crippen molar-refractivity contribution in [3.05, 3.63) is 57.6 Å². The third-order valence-corrected chi connectivity index (χ3v) is 3.67. The molecule has 0 saturated carbocycles. The average molecular weight is 337 g/mol. The van der Waals surface area contributed by atoms with Crippen LogP contribution < -0.4 is 10.6 Å². The molecule has 0 bridgehead atoms. The second-order valence-electron chi connectivity index (χ2n) is 4.65. The van der Waals surface area contributed by atoms with E-state index in [0.717, 1.165) is 5.56 Å². The summed E-state index contributed by atoms with van der Waals surface area (Å²) in [7, 11) is 0. The Hall–Kier alpha value is -2.24. The van der Waals surface area contributed by atoms with Crippen molar-refractivity contribution in [2.75, 3.05) is 10.6 Å². The van der Waals surface area contributed by atoms with Gasteiger partial charge in [-0.3, -0.25) is 0 Å². The van der Waals surface area contributed by atoms with Crippen LogP contribution in [0.2, 0.25) is 10.0 Å². The van der Waals surface area contributed by atoms with Crippen LogP contribution in [0, 0.1) is 0 Å². The molecule has 2 aromatic carbocycles. The van der Waals surface area contributed by atoms with E-state index in [1.807, 2.05) is 0 Å². The SMILES string of the molecule is O=C(Nc1ccc2c(c1)C(=O)OC2)Nc1ccc(Cl)cc1Cl. The van der Waals surface area contributed by atoms with E-state index in [0.29, 0.717) is 27.0 Å². The van der Waals surface area contributed by atoms with Crippen LogP contribution in [0.1, 0.15) is 15.9 Å². The summed E-state index contributed by atoms with van der Waals surface area (Å²) in [5.74, 6) is -0.389. The maximum Gasteiger partial charge on any atom is 0.338 e. The lowest BCUT2D eigenvalue weighted by Crippen LogP contribution is -2.19. The number of carbonyl (C=O) groups excluding carboxylic acids is 2. The largest absolute Gasteiger partial charge is 0.457 e. The molecule has 7 heteroatoms. The van der Waals surface area contributed by atoms with Crippen molar-refractivity contribution in [2.24, 2.45) is 0 Å². The minimum Gasteiger partial charge on any atom is -0.457 e. The van der Waals surface area contributed by atoms with E-state index in [4.69, 9.17) is 27.9 Å². The topological polar surface area (TPSA) is 67.4 Å². The van der Waals surface area contributed by atoms with Crippen LogP contribution in [-0.4, -0.2) is 12.0 Å². The lowest BCUT2D eigenvalue weighted by atomic mass is 10.1. The molecule has 0 spiro atoms. The maximum atomic E-state index is 12.0. The summed E-state index contributed by atoms with van der Waals surface area (Å²) in [5, 5.41) is 6.05. The molecule has 0 radical (unpaired) electrons. The van der Waals surface area contributed by atoms with Crippen molar-refractivity contribution >= 4 is 46.6 Å². The molecule has 0 aliphatic carbocycles. The molecule has 0 unspecified atom stereocenters. The fourth-order valence-electron chi connectivity index (χ4n) is 2.07. The number of fused-ring (bicyclic) bond motifs is 1. The first-order chi connectivity index (χ1) is 10.5. The molecule has 2 N–H and O–H groups in total. The van der Waals surface area contributed by atoms with Gasteiger partial charge in [0.1, 0.15) is 6.61 Å². The summed E-state index contributed by atoms with van der Waals surface area (Å²) < 4.78 is 4.91. The van der Waals surface area contributed by atoms with Crippen molar-refractivity contribution in [3.8, 4) is 0 Å². The summed E-state index contributed by atoms with van der Waals surface area (Å²) in [5.41, 5.74) is 2.18. The van der Waals surface area contributed by atoms with E-state index in [-0.39, 0.29) is 12.6 Å². The normalized spacial score (nSPS) is 12.5. The van der Waals surface area contributed by atoms with Gasteiger partial charge in [0.15, 0.2) is 0 Å². The summed E-state index contributed by atoms with van der Waals surface area (Å²) in [6.45, 7) is 0.265. The highest BCUT2D eigenvalue weighted by Crippen LogP contribution is 2.26. The van der Waals surface area contributed by atoms with E-state index >= 15 is 0 Å². The fourth-order valence-corrected chi connectivity index (χ4v) is 2.52. The minimum absolute atomic E-state index is 0.265. The first kappa shape index (κ1) is 14.7. The molecule has 0 fully saturated rings. The molecule has 0 saturated heterocycles. The van der Waals surface area contributed by atoms with Crippen LogP contribution in [0.25, 0.3) is 0 Å². The van der Waals surface area contributed by atoms with Crippen LogP contribution in [0.15, 0.2) is 36.4 Å². The zero-order valence-electron chi connectivity index (χ0n) is 11.2. The Kier molecular flexibility index (Phi) is 3.92. The fraction of sp³-hybridized carbons (Fsp3) is 0.0667. The number of benzene rings is 2. The van der Waals surface area contributed by atoms with Gasteiger partial charge in [0, 0.05) is 16.3 Å². The molecular formula is C15H10Cl2N2O3. The summed E-state index contributed by atoms with van der Waals surface area (Å²) in [6.07, 6.45) is 0. The Balaban J connectivity index is 1.72. The zero-order chi connectivity index (χ0) is 15.7. The number of esters is 1. The Morgan fingerprint density at radius 2 is 1.91 bits per heavy atom. The van der Waals surface area contributed by atoms with E-state index < -0.39 is 6.03 Å². The molecule has 1 aliphatic heterocycles. The van der Waals surface area contributed by atoms with Crippen molar-refractivity contribution in [3.63, 3.8) is 0 Å². The number of cyclic esters (lactones) is 1. The third kappa shape index (κ3) is 3.00. The van der Waals surface area contributed by atoms with Gasteiger partial charge in [0.05, 0.1) is 16.3 Å². The molecular weight excluding hydrogens is 327 g/mol. The van der Waals surface area contributed by atoms with Gasteiger partial charge in [-0.1, -0.05) is 29.3 Å². The van der Waals surface area contributed by atoms with Crippen LogP contribution in [0.3, 0.4) is 0 Å². The molecule has 5 nitrogen and oxygen atoms in total. The highest BCUT2D eigenvalue weighted by atomic mass is 35.5. The van der Waals surface area contributed by atoms with Crippen LogP contribution in [0.4, 0.5) is 16.2 Å². The van der Waals surface area contributed by atoms with Gasteiger partial charge in [-0.05, 0) is 30.3 Å². The number of rotatable bonds is 2. The molecule has 112 valence electrons. The predicted octanol–water partition coefficient (Wildman–Crippen LogP) is 4.31. The summed E-state index contributed by atoms with van der Waals surface area (Å²) in [6, 6.07) is 9.29.